The first-order valence-corrected chi connectivity index (χ1v) is 6.19. The van der Waals surface area contributed by atoms with Gasteiger partial charge in [-0.3, -0.25) is 14.4 Å². The summed E-state index contributed by atoms with van der Waals surface area (Å²) in [6, 6.07) is 0. The van der Waals surface area contributed by atoms with Crippen LogP contribution in [0.4, 0.5) is 0 Å². The summed E-state index contributed by atoms with van der Waals surface area (Å²) in [6.45, 7) is 5.32. The zero-order valence-corrected chi connectivity index (χ0v) is 12.6. The third kappa shape index (κ3) is 5.29. The minimum absolute atomic E-state index is 0.185. The zero-order chi connectivity index (χ0) is 16.7. The van der Waals surface area contributed by atoms with Gasteiger partial charge in [-0.25, -0.2) is 0 Å². The molecule has 0 spiro atoms. The Balaban J connectivity index is 5.91. The van der Waals surface area contributed by atoms with Crippen LogP contribution in [0.25, 0.3) is 0 Å². The fraction of sp³-hybridized carbons (Fsp3) is 0.750. The Labute approximate surface area is 122 Å². The predicted octanol–water partition coefficient (Wildman–Crippen LogP) is 0.487. The van der Waals surface area contributed by atoms with Gasteiger partial charge in [0.2, 0.25) is 0 Å². The third-order valence-corrected chi connectivity index (χ3v) is 1.88. The third-order valence-electron chi connectivity index (χ3n) is 1.88. The molecule has 0 aliphatic carbocycles. The molecule has 0 heterocycles. The molecular formula is C12H19O9. The van der Waals surface area contributed by atoms with Crippen molar-refractivity contribution in [3.8, 4) is 0 Å². The van der Waals surface area contributed by atoms with Gasteiger partial charge in [0.05, 0.1) is 13.2 Å². The number of carbonyl (C=O) groups is 3. The van der Waals surface area contributed by atoms with Crippen molar-refractivity contribution in [1.29, 1.82) is 0 Å². The molecule has 0 bridgehead atoms. The molecule has 0 saturated carbocycles. The number of carbonyl (C=O) groups excluding carboxylic acids is 3. The minimum atomic E-state index is -3.07. The number of hydrogen-bond donors (Lipinski definition) is 0. The van der Waals surface area contributed by atoms with Crippen LogP contribution in [0.15, 0.2) is 0 Å². The number of esters is 3. The topological polar surface area (TPSA) is 117 Å². The smallest absolute Gasteiger partial charge is 0.382 e. The van der Waals surface area contributed by atoms with Crippen LogP contribution in [0.3, 0.4) is 0 Å². The van der Waals surface area contributed by atoms with E-state index in [1.54, 1.807) is 0 Å². The number of ether oxygens (including phenoxy) is 5. The molecule has 0 aromatic carbocycles. The van der Waals surface area contributed by atoms with E-state index in [0.717, 1.165) is 20.8 Å². The van der Waals surface area contributed by atoms with E-state index in [1.807, 2.05) is 0 Å². The van der Waals surface area contributed by atoms with Crippen LogP contribution in [-0.4, -0.2) is 43.1 Å². The summed E-state index contributed by atoms with van der Waals surface area (Å²) in [5.41, 5.74) is 0. The van der Waals surface area contributed by atoms with Crippen molar-refractivity contribution in [3.63, 3.8) is 0 Å². The molecule has 9 nitrogen and oxygen atoms in total. The first kappa shape index (κ1) is 19.3. The Kier molecular flexibility index (Phi) is 7.27. The summed E-state index contributed by atoms with van der Waals surface area (Å²) >= 11 is 0. The van der Waals surface area contributed by atoms with Crippen molar-refractivity contribution in [3.05, 3.63) is 0 Å². The highest BCUT2D eigenvalue weighted by atomic mass is 17.0. The van der Waals surface area contributed by atoms with Gasteiger partial charge in [-0.2, -0.15) is 5.11 Å². The highest BCUT2D eigenvalue weighted by Crippen LogP contribution is 2.33. The average Bonchev–Trinajstić information content (AvgIpc) is 2.26. The van der Waals surface area contributed by atoms with E-state index in [9.17, 15) is 19.5 Å². The Hall–Kier alpha value is -1.71. The molecule has 0 aliphatic rings. The van der Waals surface area contributed by atoms with E-state index in [2.05, 4.69) is 14.2 Å². The number of hydrogen-bond acceptors (Lipinski definition) is 8. The van der Waals surface area contributed by atoms with E-state index < -0.39 is 29.9 Å². The molecule has 1 radical (unpaired) electrons. The van der Waals surface area contributed by atoms with Crippen molar-refractivity contribution in [2.24, 2.45) is 0 Å². The summed E-state index contributed by atoms with van der Waals surface area (Å²) in [6.07, 6.45) is 0. The molecule has 9 heteroatoms. The maximum Gasteiger partial charge on any atom is 0.514 e. The lowest BCUT2D eigenvalue weighted by atomic mass is 10.4. The molecule has 21 heavy (non-hydrogen) atoms. The molecule has 0 aliphatic heterocycles. The number of rotatable bonds is 8. The highest BCUT2D eigenvalue weighted by Gasteiger charge is 2.66. The molecule has 0 N–H and O–H groups in total. The summed E-state index contributed by atoms with van der Waals surface area (Å²) in [4.78, 5) is 33.7. The normalized spacial score (nSPS) is 11.7. The summed E-state index contributed by atoms with van der Waals surface area (Å²) in [7, 11) is 0. The van der Waals surface area contributed by atoms with Crippen molar-refractivity contribution in [2.45, 2.75) is 46.6 Å². The molecule has 0 rings (SSSR count). The van der Waals surface area contributed by atoms with Gasteiger partial charge in [0, 0.05) is 20.8 Å². The van der Waals surface area contributed by atoms with Gasteiger partial charge >= 0.3 is 29.9 Å². The minimum Gasteiger partial charge on any atom is -0.382 e. The summed E-state index contributed by atoms with van der Waals surface area (Å²) in [5, 5.41) is 12.7. The van der Waals surface area contributed by atoms with E-state index in [1.165, 1.54) is 13.8 Å². The van der Waals surface area contributed by atoms with Crippen molar-refractivity contribution >= 4 is 17.9 Å². The Morgan fingerprint density at radius 1 is 0.762 bits per heavy atom. The maximum atomic E-state index is 12.7. The van der Waals surface area contributed by atoms with Crippen LogP contribution in [0, 0.1) is 0 Å². The summed E-state index contributed by atoms with van der Waals surface area (Å²) in [5.74, 6) is -9.23. The van der Waals surface area contributed by atoms with Gasteiger partial charge in [0.1, 0.15) is 0 Å². The van der Waals surface area contributed by atoms with Crippen LogP contribution >= 0.6 is 0 Å². The second-order valence-corrected chi connectivity index (χ2v) is 3.76. The molecule has 121 valence electrons. The van der Waals surface area contributed by atoms with Crippen LogP contribution < -0.4 is 0 Å². The van der Waals surface area contributed by atoms with E-state index in [4.69, 9.17) is 9.47 Å². The largest absolute Gasteiger partial charge is 0.514 e. The lowest BCUT2D eigenvalue weighted by Gasteiger charge is -2.38. The van der Waals surface area contributed by atoms with Gasteiger partial charge in [0.25, 0.3) is 0 Å². The van der Waals surface area contributed by atoms with Crippen molar-refractivity contribution < 1.29 is 43.2 Å². The summed E-state index contributed by atoms with van der Waals surface area (Å²) < 4.78 is 23.6. The van der Waals surface area contributed by atoms with Gasteiger partial charge in [-0.1, -0.05) is 0 Å². The monoisotopic (exact) mass is 307 g/mol. The van der Waals surface area contributed by atoms with E-state index in [0.29, 0.717) is 0 Å². The SMILES string of the molecule is CCOC([O])(OCC)C(OC(C)=O)(OC(C)=O)OC(C)=O. The van der Waals surface area contributed by atoms with Crippen molar-refractivity contribution in [2.75, 3.05) is 13.2 Å². The Bertz CT molecular complexity index is 343. The molecule has 0 aromatic rings. The first-order chi connectivity index (χ1) is 9.62. The molecule has 0 atom stereocenters. The molecule has 0 aromatic heterocycles. The second-order valence-electron chi connectivity index (χ2n) is 3.76. The van der Waals surface area contributed by atoms with E-state index >= 15 is 0 Å². The maximum absolute atomic E-state index is 12.7. The quantitative estimate of drug-likeness (QED) is 0.469. The molecule has 0 saturated heterocycles. The van der Waals surface area contributed by atoms with Gasteiger partial charge in [-0.15, -0.1) is 0 Å². The molecule has 0 amide bonds. The highest BCUT2D eigenvalue weighted by molar-refractivity contribution is 5.71. The molecular weight excluding hydrogens is 288 g/mol. The first-order valence-electron chi connectivity index (χ1n) is 6.19. The lowest BCUT2D eigenvalue weighted by molar-refractivity contribution is -0.538. The molecule has 0 unspecified atom stereocenters. The predicted molar refractivity (Wildman–Crippen MR) is 64.7 cm³/mol. The van der Waals surface area contributed by atoms with Crippen LogP contribution in [0.5, 0.6) is 0 Å². The van der Waals surface area contributed by atoms with Crippen LogP contribution in [0.1, 0.15) is 34.6 Å². The molecule has 0 fully saturated rings. The standard InChI is InChI=1S/C12H19O9/c1-6-17-11(16,18-7-2)12(19-8(3)13,20-9(4)14)21-10(5)15/h6-7H2,1-5H3. The lowest BCUT2D eigenvalue weighted by Crippen LogP contribution is -2.63. The van der Waals surface area contributed by atoms with E-state index in [-0.39, 0.29) is 13.2 Å². The van der Waals surface area contributed by atoms with Crippen molar-refractivity contribution in [1.82, 2.24) is 0 Å². The average molecular weight is 307 g/mol. The fourth-order valence-corrected chi connectivity index (χ4v) is 1.42. The second kappa shape index (κ2) is 7.91. The zero-order valence-electron chi connectivity index (χ0n) is 12.6. The fourth-order valence-electron chi connectivity index (χ4n) is 1.42. The van der Waals surface area contributed by atoms with Gasteiger partial charge < -0.3 is 23.7 Å². The van der Waals surface area contributed by atoms with Crippen LogP contribution in [0.2, 0.25) is 0 Å². The van der Waals surface area contributed by atoms with Gasteiger partial charge in [0.15, 0.2) is 0 Å². The Morgan fingerprint density at radius 3 is 1.24 bits per heavy atom. The van der Waals surface area contributed by atoms with Gasteiger partial charge in [-0.05, 0) is 13.8 Å². The van der Waals surface area contributed by atoms with Crippen LogP contribution in [-0.2, 0) is 43.2 Å². The Morgan fingerprint density at radius 2 is 1.05 bits per heavy atom.